The maximum Gasteiger partial charge on any atom is 0.243 e. The van der Waals surface area contributed by atoms with E-state index in [9.17, 15) is 9.18 Å². The number of carbonyl (C=O) groups is 1. The second-order valence-electron chi connectivity index (χ2n) is 7.74. The van der Waals surface area contributed by atoms with Gasteiger partial charge in [0, 0.05) is 44.1 Å². The van der Waals surface area contributed by atoms with Crippen LogP contribution in [0.5, 0.6) is 5.75 Å². The number of anilines is 2. The topological polar surface area (TPSA) is 80.7 Å². The molecule has 0 aliphatic carbocycles. The Hall–Kier alpha value is -3.43. The molecule has 0 bridgehead atoms. The lowest BCUT2D eigenvalue weighted by Gasteiger charge is -2.26. The third kappa shape index (κ3) is 6.09. The summed E-state index contributed by atoms with van der Waals surface area (Å²) in [7, 11) is 1.86. The van der Waals surface area contributed by atoms with Crippen molar-refractivity contribution in [3.63, 3.8) is 0 Å². The van der Waals surface area contributed by atoms with Gasteiger partial charge in [0.25, 0.3) is 0 Å². The van der Waals surface area contributed by atoms with E-state index in [2.05, 4.69) is 20.6 Å². The number of para-hydroxylation sites is 1. The molecule has 33 heavy (non-hydrogen) atoms. The van der Waals surface area contributed by atoms with Crippen LogP contribution in [0.3, 0.4) is 0 Å². The zero-order chi connectivity index (χ0) is 23.0. The lowest BCUT2D eigenvalue weighted by atomic mass is 10.1. The van der Waals surface area contributed by atoms with Gasteiger partial charge in [0.1, 0.15) is 18.2 Å². The summed E-state index contributed by atoms with van der Waals surface area (Å²) in [5.74, 6) is 0.0342. The molecule has 1 fully saturated rings. The highest BCUT2D eigenvalue weighted by Crippen LogP contribution is 2.32. The molecule has 0 saturated carbocycles. The minimum atomic E-state index is -0.401. The van der Waals surface area contributed by atoms with E-state index in [1.54, 1.807) is 35.1 Å². The number of hydrogen-bond acceptors (Lipinski definition) is 6. The number of halogens is 1. The molecule has 9 heteroatoms. The van der Waals surface area contributed by atoms with Crippen molar-refractivity contribution in [2.24, 2.45) is 7.05 Å². The van der Waals surface area contributed by atoms with Gasteiger partial charge in [-0.1, -0.05) is 12.1 Å². The summed E-state index contributed by atoms with van der Waals surface area (Å²) in [6.07, 6.45) is 1.72. The van der Waals surface area contributed by atoms with Crippen LogP contribution in [0, 0.1) is 5.82 Å². The average Bonchev–Trinajstić information content (AvgIpc) is 3.25. The molecule has 1 amide bonds. The van der Waals surface area contributed by atoms with Crippen LogP contribution in [-0.4, -0.2) is 66.6 Å². The Morgan fingerprint density at radius 1 is 1.18 bits per heavy atom. The number of morpholine rings is 1. The normalized spacial score (nSPS) is 14.1. The summed E-state index contributed by atoms with van der Waals surface area (Å²) in [5, 5.41) is 9.93. The van der Waals surface area contributed by atoms with Crippen LogP contribution in [0.15, 0.2) is 54.7 Å². The molecule has 0 radical (unpaired) electrons. The van der Waals surface area contributed by atoms with Crippen molar-refractivity contribution in [2.75, 3.05) is 56.6 Å². The molecule has 2 heterocycles. The molecule has 0 atom stereocenters. The van der Waals surface area contributed by atoms with Gasteiger partial charge in [-0.25, -0.2) is 4.39 Å². The Kier molecular flexibility index (Phi) is 7.54. The van der Waals surface area contributed by atoms with E-state index in [1.807, 2.05) is 25.2 Å². The van der Waals surface area contributed by atoms with E-state index >= 15 is 0 Å². The van der Waals surface area contributed by atoms with Gasteiger partial charge in [-0.05, 0) is 36.4 Å². The highest BCUT2D eigenvalue weighted by atomic mass is 19.1. The number of nitrogens with zero attached hydrogens (tertiary/aromatic N) is 3. The number of aromatic nitrogens is 2. The molecular weight excluding hydrogens is 425 g/mol. The van der Waals surface area contributed by atoms with Crippen LogP contribution in [0.1, 0.15) is 0 Å². The summed E-state index contributed by atoms with van der Waals surface area (Å²) >= 11 is 0. The Bertz CT molecular complexity index is 1080. The van der Waals surface area contributed by atoms with Gasteiger partial charge in [0.2, 0.25) is 5.91 Å². The molecule has 2 N–H and O–H groups in total. The van der Waals surface area contributed by atoms with E-state index in [1.165, 1.54) is 6.07 Å². The molecule has 2 aromatic carbocycles. The second kappa shape index (κ2) is 10.9. The molecule has 174 valence electrons. The van der Waals surface area contributed by atoms with Crippen LogP contribution in [0.4, 0.5) is 15.8 Å². The molecule has 1 aliphatic rings. The van der Waals surface area contributed by atoms with Crippen LogP contribution in [-0.2, 0) is 16.6 Å². The third-order valence-electron chi connectivity index (χ3n) is 5.44. The number of carbonyl (C=O) groups excluding carboxylic acids is 1. The summed E-state index contributed by atoms with van der Waals surface area (Å²) < 4.78 is 27.0. The van der Waals surface area contributed by atoms with Crippen molar-refractivity contribution >= 4 is 17.3 Å². The number of aryl methyl sites for hydroxylation is 1. The van der Waals surface area contributed by atoms with Gasteiger partial charge in [-0.2, -0.15) is 5.10 Å². The number of hydrogen-bond donors (Lipinski definition) is 2. The van der Waals surface area contributed by atoms with E-state index in [0.29, 0.717) is 18.0 Å². The van der Waals surface area contributed by atoms with Crippen LogP contribution < -0.4 is 15.4 Å². The molecule has 8 nitrogen and oxygen atoms in total. The van der Waals surface area contributed by atoms with Crippen LogP contribution in [0.25, 0.3) is 11.3 Å². The van der Waals surface area contributed by atoms with Gasteiger partial charge >= 0.3 is 0 Å². The fourth-order valence-corrected chi connectivity index (χ4v) is 3.67. The van der Waals surface area contributed by atoms with E-state index in [-0.39, 0.29) is 18.1 Å². The van der Waals surface area contributed by atoms with E-state index in [0.717, 1.165) is 44.1 Å². The minimum Gasteiger partial charge on any atom is -0.492 e. The smallest absolute Gasteiger partial charge is 0.243 e. The first kappa shape index (κ1) is 22.8. The van der Waals surface area contributed by atoms with Gasteiger partial charge in [0.05, 0.1) is 31.1 Å². The third-order valence-corrected chi connectivity index (χ3v) is 5.44. The summed E-state index contributed by atoms with van der Waals surface area (Å²) in [4.78, 5) is 14.7. The fraction of sp³-hybridized carbons (Fsp3) is 0.333. The first-order valence-electron chi connectivity index (χ1n) is 10.9. The predicted molar refractivity (Wildman–Crippen MR) is 125 cm³/mol. The fourth-order valence-electron chi connectivity index (χ4n) is 3.67. The van der Waals surface area contributed by atoms with Crippen LogP contribution in [0.2, 0.25) is 0 Å². The molecule has 3 aromatic rings. The second-order valence-corrected chi connectivity index (χ2v) is 7.74. The van der Waals surface area contributed by atoms with E-state index in [4.69, 9.17) is 9.47 Å². The Morgan fingerprint density at radius 3 is 2.76 bits per heavy atom. The van der Waals surface area contributed by atoms with Crippen molar-refractivity contribution in [1.82, 2.24) is 14.7 Å². The van der Waals surface area contributed by atoms with Gasteiger partial charge in [-0.15, -0.1) is 0 Å². The summed E-state index contributed by atoms with van der Waals surface area (Å²) in [5.41, 5.74) is 2.60. The molecule has 1 aromatic heterocycles. The van der Waals surface area contributed by atoms with Crippen molar-refractivity contribution in [3.05, 3.63) is 60.5 Å². The number of benzene rings is 2. The SMILES string of the molecule is Cn1nccc1-c1cc(NC(=O)CNc2ccccc2F)ccc1OCCN1CCOCC1. The van der Waals surface area contributed by atoms with Gasteiger partial charge in [0.15, 0.2) is 0 Å². The largest absolute Gasteiger partial charge is 0.492 e. The maximum absolute atomic E-state index is 13.8. The van der Waals surface area contributed by atoms with Crippen molar-refractivity contribution in [2.45, 2.75) is 0 Å². The lowest BCUT2D eigenvalue weighted by molar-refractivity contribution is -0.114. The maximum atomic E-state index is 13.8. The minimum absolute atomic E-state index is 0.0558. The summed E-state index contributed by atoms with van der Waals surface area (Å²) in [6, 6.07) is 13.7. The van der Waals surface area contributed by atoms with E-state index < -0.39 is 5.82 Å². The monoisotopic (exact) mass is 453 g/mol. The molecule has 1 saturated heterocycles. The first-order valence-corrected chi connectivity index (χ1v) is 10.9. The Morgan fingerprint density at radius 2 is 2.00 bits per heavy atom. The van der Waals surface area contributed by atoms with Gasteiger partial charge < -0.3 is 20.1 Å². The van der Waals surface area contributed by atoms with Crippen molar-refractivity contribution < 1.29 is 18.7 Å². The standard InChI is InChI=1S/C24H28FN5O3/c1-29-22(8-9-27-29)19-16-18(28-24(31)17-26-21-5-3-2-4-20(21)25)6-7-23(19)33-15-12-30-10-13-32-14-11-30/h2-9,16,26H,10-15,17H2,1H3,(H,28,31). The van der Waals surface area contributed by atoms with Crippen LogP contribution >= 0.6 is 0 Å². The number of amides is 1. The Labute approximate surface area is 192 Å². The Balaban J connectivity index is 1.42. The number of rotatable bonds is 9. The molecule has 0 spiro atoms. The lowest BCUT2D eigenvalue weighted by Crippen LogP contribution is -2.38. The quantitative estimate of drug-likeness (QED) is 0.519. The van der Waals surface area contributed by atoms with Crippen molar-refractivity contribution in [1.29, 1.82) is 0 Å². The van der Waals surface area contributed by atoms with Crippen molar-refractivity contribution in [3.8, 4) is 17.0 Å². The highest BCUT2D eigenvalue weighted by molar-refractivity contribution is 5.94. The molecular formula is C24H28FN5O3. The highest BCUT2D eigenvalue weighted by Gasteiger charge is 2.15. The number of ether oxygens (including phenoxy) is 2. The summed E-state index contributed by atoms with van der Waals surface area (Å²) in [6.45, 7) is 4.62. The molecule has 0 unspecified atom stereocenters. The predicted octanol–water partition coefficient (Wildman–Crippen LogP) is 2.99. The number of nitrogens with one attached hydrogen (secondary N) is 2. The zero-order valence-electron chi connectivity index (χ0n) is 18.6. The van der Waals surface area contributed by atoms with Gasteiger partial charge in [-0.3, -0.25) is 14.4 Å². The average molecular weight is 454 g/mol. The zero-order valence-corrected chi connectivity index (χ0v) is 18.6. The first-order chi connectivity index (χ1) is 16.1. The molecule has 1 aliphatic heterocycles. The molecule has 4 rings (SSSR count).